The van der Waals surface area contributed by atoms with Gasteiger partial charge in [-0.1, -0.05) is 0 Å². The highest BCUT2D eigenvalue weighted by atomic mass is 16.2. The number of hydrogen-bond donors (Lipinski definition) is 1. The van der Waals surface area contributed by atoms with E-state index in [0.717, 1.165) is 27.5 Å². The molecule has 0 aromatic carbocycles. The third kappa shape index (κ3) is 4.04. The summed E-state index contributed by atoms with van der Waals surface area (Å²) in [5.41, 5.74) is 3.06. The lowest BCUT2D eigenvalue weighted by molar-refractivity contribution is -0.119. The number of nitrogens with one attached hydrogen (secondary N) is 1. The van der Waals surface area contributed by atoms with Crippen LogP contribution in [0.4, 0.5) is 5.82 Å². The summed E-state index contributed by atoms with van der Waals surface area (Å²) < 4.78 is 4.42. The Morgan fingerprint density at radius 3 is 2.09 bits per heavy atom. The molecule has 4 heterocycles. The molecule has 0 bridgehead atoms. The number of hydrogen-bond acceptors (Lipinski definition) is 7. The van der Waals surface area contributed by atoms with Crippen LogP contribution in [0.1, 0.15) is 35.7 Å². The van der Waals surface area contributed by atoms with Crippen LogP contribution in [-0.2, 0) is 4.79 Å². The Morgan fingerprint density at radius 2 is 1.50 bits per heavy atom. The molecule has 0 aliphatic rings. The van der Waals surface area contributed by atoms with E-state index >= 15 is 0 Å². The van der Waals surface area contributed by atoms with Gasteiger partial charge in [0, 0.05) is 23.5 Å². The third-order valence-corrected chi connectivity index (χ3v) is 4.91. The number of carbonyl (C=O) groups is 1. The molecule has 0 fully saturated rings. The average molecular weight is 433 g/mol. The van der Waals surface area contributed by atoms with Gasteiger partial charge in [0.2, 0.25) is 5.91 Å². The first-order valence-electron chi connectivity index (χ1n) is 10.0. The van der Waals surface area contributed by atoms with E-state index in [1.54, 1.807) is 28.4 Å². The van der Waals surface area contributed by atoms with Gasteiger partial charge in [0.25, 0.3) is 5.56 Å². The van der Waals surface area contributed by atoms with Gasteiger partial charge in [-0.3, -0.25) is 9.59 Å². The van der Waals surface area contributed by atoms with E-state index in [1.807, 2.05) is 39.8 Å². The van der Waals surface area contributed by atoms with Gasteiger partial charge < -0.3 is 5.32 Å². The monoisotopic (exact) mass is 433 g/mol. The zero-order chi connectivity index (χ0) is 23.0. The summed E-state index contributed by atoms with van der Waals surface area (Å²) in [4.78, 5) is 33.6. The van der Waals surface area contributed by atoms with Crippen molar-refractivity contribution in [3.8, 4) is 11.6 Å². The summed E-state index contributed by atoms with van der Waals surface area (Å²) in [6, 6.07) is 7.51. The van der Waals surface area contributed by atoms with Crippen LogP contribution in [0, 0.1) is 27.7 Å². The first-order chi connectivity index (χ1) is 15.2. The van der Waals surface area contributed by atoms with Crippen molar-refractivity contribution in [2.45, 2.75) is 40.7 Å². The Balaban J connectivity index is 1.59. The SMILES string of the molecule is Cc1cc(C)n(-c2cc(NC(=O)C(C)n3nc(-n4nc(C)cc4C)ccc3=O)ncn2)n1. The Hall–Kier alpha value is -4.15. The smallest absolute Gasteiger partial charge is 0.267 e. The maximum Gasteiger partial charge on any atom is 0.267 e. The molecule has 0 saturated heterocycles. The van der Waals surface area contributed by atoms with Gasteiger partial charge in [0.1, 0.15) is 18.2 Å². The van der Waals surface area contributed by atoms with Crippen molar-refractivity contribution in [2.75, 3.05) is 5.32 Å². The molecular weight excluding hydrogens is 410 g/mol. The molecule has 1 amide bonds. The number of carbonyl (C=O) groups excluding carboxylic acids is 1. The molecule has 4 aromatic rings. The molecule has 32 heavy (non-hydrogen) atoms. The number of anilines is 1. The summed E-state index contributed by atoms with van der Waals surface area (Å²) >= 11 is 0. The van der Waals surface area contributed by atoms with Crippen molar-refractivity contribution in [1.29, 1.82) is 0 Å². The zero-order valence-electron chi connectivity index (χ0n) is 18.4. The van der Waals surface area contributed by atoms with Crippen molar-refractivity contribution < 1.29 is 4.79 Å². The molecule has 0 radical (unpaired) electrons. The summed E-state index contributed by atoms with van der Waals surface area (Å²) in [6.45, 7) is 9.16. The number of aromatic nitrogens is 8. The molecular formula is C21H23N9O2. The van der Waals surface area contributed by atoms with Crippen LogP contribution in [0.2, 0.25) is 0 Å². The fourth-order valence-corrected chi connectivity index (χ4v) is 3.40. The lowest BCUT2D eigenvalue weighted by Gasteiger charge is -2.15. The number of amides is 1. The van der Waals surface area contributed by atoms with Gasteiger partial charge in [-0.15, -0.1) is 5.10 Å². The van der Waals surface area contributed by atoms with Crippen LogP contribution in [0.25, 0.3) is 11.6 Å². The highest BCUT2D eigenvalue weighted by Crippen LogP contribution is 2.14. The molecule has 0 spiro atoms. The zero-order valence-corrected chi connectivity index (χ0v) is 18.4. The van der Waals surface area contributed by atoms with E-state index in [9.17, 15) is 9.59 Å². The van der Waals surface area contributed by atoms with Gasteiger partial charge in [-0.05, 0) is 52.8 Å². The molecule has 164 valence electrons. The number of nitrogens with zero attached hydrogens (tertiary/aromatic N) is 8. The first kappa shape index (κ1) is 21.1. The standard InChI is InChI=1S/C21H23N9O2/c1-12-8-14(3)28(25-12)18-6-7-20(31)30(27-18)16(5)21(32)24-17-10-19(23-11-22-17)29-15(4)9-13(2)26-29/h6-11,16H,1-5H3,(H,22,23,24,32). The Kier molecular flexibility index (Phi) is 5.39. The summed E-state index contributed by atoms with van der Waals surface area (Å²) in [7, 11) is 0. The molecule has 11 heteroatoms. The van der Waals surface area contributed by atoms with Gasteiger partial charge in [-0.2, -0.15) is 10.2 Å². The number of aryl methyl sites for hydroxylation is 4. The lowest BCUT2D eigenvalue weighted by atomic mass is 10.3. The Bertz CT molecular complexity index is 1370. The minimum atomic E-state index is -0.883. The van der Waals surface area contributed by atoms with Crippen LogP contribution in [-0.4, -0.2) is 45.2 Å². The maximum atomic E-state index is 12.9. The minimum Gasteiger partial charge on any atom is -0.309 e. The highest BCUT2D eigenvalue weighted by molar-refractivity contribution is 5.92. The second kappa shape index (κ2) is 8.17. The van der Waals surface area contributed by atoms with Crippen molar-refractivity contribution in [2.24, 2.45) is 0 Å². The first-order valence-corrected chi connectivity index (χ1v) is 10.0. The fraction of sp³-hybridized carbons (Fsp3) is 0.286. The quantitative estimate of drug-likeness (QED) is 0.509. The normalized spacial score (nSPS) is 12.0. The molecule has 1 N–H and O–H groups in total. The van der Waals surface area contributed by atoms with E-state index in [2.05, 4.69) is 30.6 Å². The van der Waals surface area contributed by atoms with Gasteiger partial charge in [0.15, 0.2) is 11.6 Å². The predicted molar refractivity (Wildman–Crippen MR) is 117 cm³/mol. The maximum absolute atomic E-state index is 12.9. The van der Waals surface area contributed by atoms with Crippen LogP contribution in [0.3, 0.4) is 0 Å². The molecule has 4 rings (SSSR count). The second-order valence-electron chi connectivity index (χ2n) is 7.58. The van der Waals surface area contributed by atoms with Crippen LogP contribution in [0.15, 0.2) is 41.5 Å². The lowest BCUT2D eigenvalue weighted by Crippen LogP contribution is -2.34. The van der Waals surface area contributed by atoms with E-state index in [4.69, 9.17) is 0 Å². The van der Waals surface area contributed by atoms with E-state index in [-0.39, 0.29) is 0 Å². The highest BCUT2D eigenvalue weighted by Gasteiger charge is 2.20. The van der Waals surface area contributed by atoms with Crippen molar-refractivity contribution in [3.63, 3.8) is 0 Å². The summed E-state index contributed by atoms with van der Waals surface area (Å²) in [5.74, 6) is 0.823. The van der Waals surface area contributed by atoms with E-state index in [0.29, 0.717) is 17.5 Å². The molecule has 0 saturated carbocycles. The molecule has 11 nitrogen and oxygen atoms in total. The molecule has 1 unspecified atom stereocenters. The molecule has 0 aliphatic carbocycles. The van der Waals surface area contributed by atoms with Crippen molar-refractivity contribution in [3.05, 3.63) is 69.8 Å². The topological polar surface area (TPSA) is 125 Å². The molecule has 1 atom stereocenters. The predicted octanol–water partition coefficient (Wildman–Crippen LogP) is 1.84. The van der Waals surface area contributed by atoms with Gasteiger partial charge in [0.05, 0.1) is 11.4 Å². The van der Waals surface area contributed by atoms with Gasteiger partial charge in [-0.25, -0.2) is 24.0 Å². The average Bonchev–Trinajstić information content (AvgIpc) is 3.27. The van der Waals surface area contributed by atoms with E-state index < -0.39 is 17.5 Å². The van der Waals surface area contributed by atoms with Crippen molar-refractivity contribution >= 4 is 11.7 Å². The van der Waals surface area contributed by atoms with Gasteiger partial charge >= 0.3 is 0 Å². The molecule has 0 aliphatic heterocycles. The second-order valence-corrected chi connectivity index (χ2v) is 7.58. The van der Waals surface area contributed by atoms with Crippen molar-refractivity contribution in [1.82, 2.24) is 39.3 Å². The number of rotatable bonds is 5. The molecule has 4 aromatic heterocycles. The minimum absolute atomic E-state index is 0.294. The van der Waals surface area contributed by atoms with Crippen LogP contribution >= 0.6 is 0 Å². The van der Waals surface area contributed by atoms with Crippen LogP contribution < -0.4 is 10.9 Å². The Morgan fingerprint density at radius 1 is 0.875 bits per heavy atom. The Labute approximate surface area is 183 Å². The third-order valence-electron chi connectivity index (χ3n) is 4.91. The van der Waals surface area contributed by atoms with E-state index in [1.165, 1.54) is 12.4 Å². The van der Waals surface area contributed by atoms with Crippen LogP contribution in [0.5, 0.6) is 0 Å². The summed E-state index contributed by atoms with van der Waals surface area (Å²) in [6.07, 6.45) is 1.35. The summed E-state index contributed by atoms with van der Waals surface area (Å²) in [5, 5.41) is 15.9. The fourth-order valence-electron chi connectivity index (χ4n) is 3.40. The largest absolute Gasteiger partial charge is 0.309 e.